The molecule has 0 saturated heterocycles. The fourth-order valence-electron chi connectivity index (χ4n) is 1.95. The van der Waals surface area contributed by atoms with Gasteiger partial charge in [0.05, 0.1) is 16.6 Å². The van der Waals surface area contributed by atoms with Gasteiger partial charge in [0, 0.05) is 11.8 Å². The van der Waals surface area contributed by atoms with Crippen LogP contribution in [0.2, 0.25) is 0 Å². The average molecular weight is 354 g/mol. The minimum absolute atomic E-state index is 0.0330. The molecule has 0 unspecified atom stereocenters. The van der Waals surface area contributed by atoms with Crippen LogP contribution in [0.25, 0.3) is 0 Å². The molecule has 0 fully saturated rings. The smallest absolute Gasteiger partial charge is 0.416 e. The lowest BCUT2D eigenvalue weighted by Gasteiger charge is -2.15. The van der Waals surface area contributed by atoms with Crippen molar-refractivity contribution >= 4 is 17.3 Å². The predicted molar refractivity (Wildman–Crippen MR) is 83.3 cm³/mol. The molecule has 9 heteroatoms. The van der Waals surface area contributed by atoms with Gasteiger partial charge in [-0.2, -0.15) is 13.2 Å². The number of rotatable bonds is 5. The highest BCUT2D eigenvalue weighted by Gasteiger charge is 2.30. The first-order valence-corrected chi connectivity index (χ1v) is 7.06. The number of halogens is 3. The largest absolute Gasteiger partial charge is 0.481 e. The van der Waals surface area contributed by atoms with Crippen LogP contribution in [0.3, 0.4) is 0 Å². The summed E-state index contributed by atoms with van der Waals surface area (Å²) in [7, 11) is 0. The third-order valence-corrected chi connectivity index (χ3v) is 3.17. The van der Waals surface area contributed by atoms with E-state index in [2.05, 4.69) is 5.32 Å². The zero-order valence-corrected chi connectivity index (χ0v) is 12.9. The second-order valence-electron chi connectivity index (χ2n) is 5.08. The van der Waals surface area contributed by atoms with Gasteiger partial charge in [0.2, 0.25) is 0 Å². The molecule has 0 aliphatic rings. The van der Waals surface area contributed by atoms with E-state index >= 15 is 0 Å². The van der Waals surface area contributed by atoms with Crippen LogP contribution in [0.1, 0.15) is 12.5 Å². The van der Waals surface area contributed by atoms with Crippen LogP contribution in [0.4, 0.5) is 24.5 Å². The Labute approximate surface area is 140 Å². The van der Waals surface area contributed by atoms with Crippen LogP contribution in [0, 0.1) is 10.1 Å². The number of carbonyl (C=O) groups is 1. The Kier molecular flexibility index (Phi) is 5.26. The molecule has 2 aromatic rings. The molecule has 0 bridgehead atoms. The number of benzene rings is 2. The van der Waals surface area contributed by atoms with Gasteiger partial charge >= 0.3 is 6.18 Å². The van der Waals surface area contributed by atoms with Crippen molar-refractivity contribution in [3.63, 3.8) is 0 Å². The lowest BCUT2D eigenvalue weighted by atomic mass is 10.2. The Hall–Kier alpha value is -3.10. The highest BCUT2D eigenvalue weighted by molar-refractivity contribution is 5.94. The van der Waals surface area contributed by atoms with Crippen molar-refractivity contribution < 1.29 is 27.6 Å². The van der Waals surface area contributed by atoms with Gasteiger partial charge < -0.3 is 10.1 Å². The van der Waals surface area contributed by atoms with E-state index in [1.807, 2.05) is 0 Å². The van der Waals surface area contributed by atoms with Crippen molar-refractivity contribution in [2.24, 2.45) is 0 Å². The second kappa shape index (κ2) is 7.20. The summed E-state index contributed by atoms with van der Waals surface area (Å²) in [6, 6.07) is 9.41. The summed E-state index contributed by atoms with van der Waals surface area (Å²) in [5, 5.41) is 13.0. The highest BCUT2D eigenvalue weighted by atomic mass is 19.4. The maximum absolute atomic E-state index is 12.7. The predicted octanol–water partition coefficient (Wildman–Crippen LogP) is 4.02. The number of carbonyl (C=O) groups excluding carboxylic acids is 1. The van der Waals surface area contributed by atoms with Crippen molar-refractivity contribution in [3.8, 4) is 5.75 Å². The molecule has 0 saturated carbocycles. The number of nitro groups is 1. The van der Waals surface area contributed by atoms with Gasteiger partial charge in [-0.1, -0.05) is 12.1 Å². The number of nitrogens with one attached hydrogen (secondary N) is 1. The zero-order chi connectivity index (χ0) is 18.6. The average Bonchev–Trinajstić information content (AvgIpc) is 2.54. The molecular formula is C16H13F3N2O4. The molecule has 0 aromatic heterocycles. The summed E-state index contributed by atoms with van der Waals surface area (Å²) in [4.78, 5) is 22.1. The highest BCUT2D eigenvalue weighted by Crippen LogP contribution is 2.30. The van der Waals surface area contributed by atoms with Gasteiger partial charge in [-0.15, -0.1) is 0 Å². The van der Waals surface area contributed by atoms with E-state index in [0.717, 1.165) is 18.2 Å². The minimum Gasteiger partial charge on any atom is -0.481 e. The van der Waals surface area contributed by atoms with Gasteiger partial charge in [-0.05, 0) is 31.2 Å². The number of anilines is 1. The van der Waals surface area contributed by atoms with E-state index < -0.39 is 28.7 Å². The van der Waals surface area contributed by atoms with Crippen LogP contribution in [0.15, 0.2) is 48.5 Å². The zero-order valence-electron chi connectivity index (χ0n) is 12.9. The summed E-state index contributed by atoms with van der Waals surface area (Å²) in [5.41, 5.74) is -1.13. The molecule has 6 nitrogen and oxygen atoms in total. The molecule has 0 spiro atoms. The molecule has 132 valence electrons. The van der Waals surface area contributed by atoms with E-state index in [9.17, 15) is 28.1 Å². The fraction of sp³-hybridized carbons (Fsp3) is 0.188. The van der Waals surface area contributed by atoms with Gasteiger partial charge in [-0.25, -0.2) is 0 Å². The molecular weight excluding hydrogens is 341 g/mol. The number of nitrogens with zero attached hydrogens (tertiary/aromatic N) is 1. The maximum atomic E-state index is 12.7. The minimum atomic E-state index is -4.52. The molecule has 0 aliphatic carbocycles. The van der Waals surface area contributed by atoms with E-state index in [1.54, 1.807) is 0 Å². The summed E-state index contributed by atoms with van der Waals surface area (Å²) >= 11 is 0. The van der Waals surface area contributed by atoms with E-state index in [1.165, 1.54) is 37.3 Å². The van der Waals surface area contributed by atoms with Crippen LogP contribution < -0.4 is 10.1 Å². The molecule has 2 rings (SSSR count). The Morgan fingerprint density at radius 2 is 1.88 bits per heavy atom. The van der Waals surface area contributed by atoms with Crippen molar-refractivity contribution in [2.75, 3.05) is 5.32 Å². The molecule has 2 aromatic carbocycles. The van der Waals surface area contributed by atoms with Crippen LogP contribution in [0.5, 0.6) is 5.75 Å². The lowest BCUT2D eigenvalue weighted by Crippen LogP contribution is -2.30. The topological polar surface area (TPSA) is 81.5 Å². The number of non-ortho nitro benzene ring substituents is 1. The van der Waals surface area contributed by atoms with Crippen LogP contribution >= 0.6 is 0 Å². The SMILES string of the molecule is C[C@@H](Oc1cccc([N+](=O)[O-])c1)C(=O)Nc1cccc(C(F)(F)F)c1. The standard InChI is InChI=1S/C16H13F3N2O4/c1-10(25-14-7-3-6-13(9-14)21(23)24)15(22)20-12-5-2-4-11(8-12)16(17,18)19/h2-10H,1H3,(H,20,22)/t10-/m1/s1. The normalized spacial score (nSPS) is 12.3. The Morgan fingerprint density at radius 1 is 1.20 bits per heavy atom. The van der Waals surface area contributed by atoms with Gasteiger partial charge in [0.25, 0.3) is 11.6 Å². The van der Waals surface area contributed by atoms with E-state index in [-0.39, 0.29) is 17.1 Å². The Bertz CT molecular complexity index is 793. The molecule has 25 heavy (non-hydrogen) atoms. The summed E-state index contributed by atoms with van der Waals surface area (Å²) in [6.07, 6.45) is -5.59. The molecule has 0 aliphatic heterocycles. The monoisotopic (exact) mass is 354 g/mol. The molecule has 1 N–H and O–H groups in total. The van der Waals surface area contributed by atoms with Crippen LogP contribution in [-0.4, -0.2) is 16.9 Å². The van der Waals surface area contributed by atoms with Crippen molar-refractivity contribution in [1.29, 1.82) is 0 Å². The number of hydrogen-bond donors (Lipinski definition) is 1. The molecule has 0 heterocycles. The van der Waals surface area contributed by atoms with E-state index in [4.69, 9.17) is 4.74 Å². The third-order valence-electron chi connectivity index (χ3n) is 3.17. The van der Waals surface area contributed by atoms with Crippen molar-refractivity contribution in [2.45, 2.75) is 19.2 Å². The van der Waals surface area contributed by atoms with E-state index in [0.29, 0.717) is 0 Å². The third kappa shape index (κ3) is 4.93. The summed E-state index contributed by atoms with van der Waals surface area (Å²) < 4.78 is 43.3. The second-order valence-corrected chi connectivity index (χ2v) is 5.08. The molecule has 1 amide bonds. The summed E-state index contributed by atoms with van der Waals surface area (Å²) in [6.45, 7) is 1.38. The van der Waals surface area contributed by atoms with Crippen LogP contribution in [-0.2, 0) is 11.0 Å². The number of ether oxygens (including phenoxy) is 1. The maximum Gasteiger partial charge on any atom is 0.416 e. The first-order chi connectivity index (χ1) is 11.7. The number of hydrogen-bond acceptors (Lipinski definition) is 4. The number of amides is 1. The van der Waals surface area contributed by atoms with Crippen molar-refractivity contribution in [3.05, 3.63) is 64.2 Å². The van der Waals surface area contributed by atoms with Gasteiger partial charge in [0.15, 0.2) is 6.10 Å². The molecule has 1 atom stereocenters. The summed E-state index contributed by atoms with van der Waals surface area (Å²) in [5.74, 6) is -0.591. The first kappa shape index (κ1) is 18.2. The lowest BCUT2D eigenvalue weighted by molar-refractivity contribution is -0.384. The van der Waals surface area contributed by atoms with Gasteiger partial charge in [0.1, 0.15) is 5.75 Å². The number of nitro benzene ring substituents is 1. The first-order valence-electron chi connectivity index (χ1n) is 7.06. The Balaban J connectivity index is 2.06. The van der Waals surface area contributed by atoms with Gasteiger partial charge in [-0.3, -0.25) is 14.9 Å². The molecule has 0 radical (unpaired) electrons. The number of alkyl halides is 3. The fourth-order valence-corrected chi connectivity index (χ4v) is 1.95. The Morgan fingerprint density at radius 3 is 2.52 bits per heavy atom. The quantitative estimate of drug-likeness (QED) is 0.649. The van der Waals surface area contributed by atoms with Crippen molar-refractivity contribution in [1.82, 2.24) is 0 Å².